The summed E-state index contributed by atoms with van der Waals surface area (Å²) >= 11 is 1.19. The number of ether oxygens (including phenoxy) is 2. The number of nitriles is 1. The Hall–Kier alpha value is -3.63. The van der Waals surface area contributed by atoms with E-state index in [1.165, 1.54) is 17.4 Å². The Morgan fingerprint density at radius 2 is 1.87 bits per heavy atom. The molecular weight excluding hydrogens is 400 g/mol. The SMILES string of the molecule is COc1ccc(/C=C(\C#N)C(=O)Nc2sccc2C(=O)OC(C)C)c2ccccc12. The number of carbonyl (C=O) groups excluding carboxylic acids is 2. The van der Waals surface area contributed by atoms with Crippen molar-refractivity contribution >= 4 is 45.1 Å². The second kappa shape index (κ2) is 9.25. The van der Waals surface area contributed by atoms with Crippen LogP contribution in [0.4, 0.5) is 5.00 Å². The number of rotatable bonds is 6. The number of methoxy groups -OCH3 is 1. The second-order valence-corrected chi connectivity index (χ2v) is 7.56. The first kappa shape index (κ1) is 21.1. The van der Waals surface area contributed by atoms with Crippen LogP contribution in [0, 0.1) is 11.3 Å². The molecule has 0 aliphatic carbocycles. The van der Waals surface area contributed by atoms with Gasteiger partial charge in [-0.25, -0.2) is 4.79 Å². The van der Waals surface area contributed by atoms with Crippen molar-refractivity contribution in [3.8, 4) is 11.8 Å². The monoisotopic (exact) mass is 420 g/mol. The van der Waals surface area contributed by atoms with E-state index in [-0.39, 0.29) is 17.2 Å². The van der Waals surface area contributed by atoms with Crippen LogP contribution in [-0.4, -0.2) is 25.1 Å². The third-order valence-electron chi connectivity index (χ3n) is 4.26. The van der Waals surface area contributed by atoms with Gasteiger partial charge in [-0.1, -0.05) is 30.3 Å². The van der Waals surface area contributed by atoms with Crippen LogP contribution in [0.25, 0.3) is 16.8 Å². The Labute approximate surface area is 178 Å². The highest BCUT2D eigenvalue weighted by molar-refractivity contribution is 7.14. The molecule has 1 aromatic heterocycles. The lowest BCUT2D eigenvalue weighted by molar-refractivity contribution is -0.112. The predicted octanol–water partition coefficient (Wildman–Crippen LogP) is 5.02. The third kappa shape index (κ3) is 4.50. The molecule has 0 atom stereocenters. The summed E-state index contributed by atoms with van der Waals surface area (Å²) in [5, 5.41) is 16.0. The number of carbonyl (C=O) groups is 2. The fraction of sp³-hybridized carbons (Fsp3) is 0.174. The topological polar surface area (TPSA) is 88.4 Å². The van der Waals surface area contributed by atoms with Crippen LogP contribution in [0.5, 0.6) is 5.75 Å². The zero-order valence-corrected chi connectivity index (χ0v) is 17.6. The second-order valence-electron chi connectivity index (χ2n) is 6.64. The van der Waals surface area contributed by atoms with E-state index in [1.807, 2.05) is 30.3 Å². The van der Waals surface area contributed by atoms with Crippen molar-refractivity contribution in [2.45, 2.75) is 20.0 Å². The van der Waals surface area contributed by atoms with Crippen molar-refractivity contribution in [1.29, 1.82) is 5.26 Å². The van der Waals surface area contributed by atoms with Crippen molar-refractivity contribution < 1.29 is 19.1 Å². The van der Waals surface area contributed by atoms with Crippen molar-refractivity contribution in [1.82, 2.24) is 0 Å². The summed E-state index contributed by atoms with van der Waals surface area (Å²) in [4.78, 5) is 24.9. The summed E-state index contributed by atoms with van der Waals surface area (Å²) in [5.74, 6) is -0.416. The number of hydrogen-bond donors (Lipinski definition) is 1. The van der Waals surface area contributed by atoms with Crippen LogP contribution in [0.1, 0.15) is 29.8 Å². The maximum absolute atomic E-state index is 12.7. The first-order valence-corrected chi connectivity index (χ1v) is 10.1. The molecular formula is C23H20N2O4S. The van der Waals surface area contributed by atoms with Crippen LogP contribution < -0.4 is 10.1 Å². The summed E-state index contributed by atoms with van der Waals surface area (Å²) < 4.78 is 10.6. The molecule has 0 spiro atoms. The number of nitrogens with zero attached hydrogens (tertiary/aromatic N) is 1. The number of esters is 1. The summed E-state index contributed by atoms with van der Waals surface area (Å²) in [6.45, 7) is 3.50. The van der Waals surface area contributed by atoms with Crippen molar-refractivity contribution in [3.63, 3.8) is 0 Å². The van der Waals surface area contributed by atoms with Crippen molar-refractivity contribution in [2.75, 3.05) is 12.4 Å². The number of fused-ring (bicyclic) bond motifs is 1. The maximum atomic E-state index is 12.7. The standard InChI is InChI=1S/C23H20N2O4S/c1-14(2)29-23(27)19-10-11-30-22(19)25-21(26)16(13-24)12-15-8-9-20(28-3)18-7-5-4-6-17(15)18/h4-12,14H,1-3H3,(H,25,26)/b16-12+. The molecule has 0 aliphatic rings. The average molecular weight is 420 g/mol. The number of benzene rings is 2. The van der Waals surface area contributed by atoms with Crippen LogP contribution in [-0.2, 0) is 9.53 Å². The van der Waals surface area contributed by atoms with Gasteiger partial charge in [-0.3, -0.25) is 4.79 Å². The molecule has 30 heavy (non-hydrogen) atoms. The molecule has 0 saturated carbocycles. The lowest BCUT2D eigenvalue weighted by atomic mass is 10.0. The summed E-state index contributed by atoms with van der Waals surface area (Å²) in [5.41, 5.74) is 0.889. The van der Waals surface area contributed by atoms with Gasteiger partial charge in [0.05, 0.1) is 18.8 Å². The van der Waals surface area contributed by atoms with Gasteiger partial charge in [-0.2, -0.15) is 5.26 Å². The van der Waals surface area contributed by atoms with Gasteiger partial charge in [0, 0.05) is 5.39 Å². The smallest absolute Gasteiger partial charge is 0.341 e. The van der Waals surface area contributed by atoms with E-state index in [2.05, 4.69) is 5.32 Å². The molecule has 0 unspecified atom stereocenters. The lowest BCUT2D eigenvalue weighted by Crippen LogP contribution is -2.17. The van der Waals surface area contributed by atoms with Gasteiger partial charge < -0.3 is 14.8 Å². The van der Waals surface area contributed by atoms with Crippen LogP contribution in [0.3, 0.4) is 0 Å². The Kier molecular flexibility index (Phi) is 6.50. The van der Waals surface area contributed by atoms with E-state index in [9.17, 15) is 14.9 Å². The van der Waals surface area contributed by atoms with Gasteiger partial charge in [-0.15, -0.1) is 11.3 Å². The quantitative estimate of drug-likeness (QED) is 0.344. The molecule has 2 aromatic carbocycles. The van der Waals surface area contributed by atoms with Gasteiger partial charge in [0.15, 0.2) is 0 Å². The van der Waals surface area contributed by atoms with Gasteiger partial charge in [0.25, 0.3) is 5.91 Å². The molecule has 1 amide bonds. The van der Waals surface area contributed by atoms with Gasteiger partial charge in [-0.05, 0) is 48.4 Å². The van der Waals surface area contributed by atoms with E-state index in [0.717, 1.165) is 10.8 Å². The van der Waals surface area contributed by atoms with E-state index in [4.69, 9.17) is 9.47 Å². The normalized spacial score (nSPS) is 11.2. The number of hydrogen-bond acceptors (Lipinski definition) is 6. The molecule has 1 N–H and O–H groups in total. The molecule has 6 nitrogen and oxygen atoms in total. The fourth-order valence-electron chi connectivity index (χ4n) is 2.92. The maximum Gasteiger partial charge on any atom is 0.341 e. The van der Waals surface area contributed by atoms with Gasteiger partial charge >= 0.3 is 5.97 Å². The largest absolute Gasteiger partial charge is 0.496 e. The number of thiophene rings is 1. The van der Waals surface area contributed by atoms with Crippen LogP contribution in [0.2, 0.25) is 0 Å². The molecule has 0 bridgehead atoms. The fourth-order valence-corrected chi connectivity index (χ4v) is 3.69. The Morgan fingerprint density at radius 1 is 1.13 bits per heavy atom. The average Bonchev–Trinajstić information content (AvgIpc) is 3.19. The minimum Gasteiger partial charge on any atom is -0.496 e. The zero-order valence-electron chi connectivity index (χ0n) is 16.8. The summed E-state index contributed by atoms with van der Waals surface area (Å²) in [7, 11) is 1.59. The predicted molar refractivity (Wildman–Crippen MR) is 118 cm³/mol. The van der Waals surface area contributed by atoms with E-state index >= 15 is 0 Å². The first-order chi connectivity index (χ1) is 14.4. The molecule has 0 aliphatic heterocycles. The van der Waals surface area contributed by atoms with Crippen molar-refractivity contribution in [3.05, 3.63) is 64.5 Å². The molecule has 3 rings (SSSR count). The Bertz CT molecular complexity index is 1170. The van der Waals surface area contributed by atoms with Crippen LogP contribution in [0.15, 0.2) is 53.4 Å². The number of nitrogens with one attached hydrogen (secondary N) is 1. The van der Waals surface area contributed by atoms with Gasteiger partial charge in [0.1, 0.15) is 22.4 Å². The molecule has 1 heterocycles. The Balaban J connectivity index is 1.91. The minimum atomic E-state index is -0.599. The van der Waals surface area contributed by atoms with Crippen LogP contribution >= 0.6 is 11.3 Å². The summed E-state index contributed by atoms with van der Waals surface area (Å²) in [6.07, 6.45) is 1.25. The summed E-state index contributed by atoms with van der Waals surface area (Å²) in [6, 6.07) is 14.7. The highest BCUT2D eigenvalue weighted by Crippen LogP contribution is 2.30. The van der Waals surface area contributed by atoms with E-state index in [1.54, 1.807) is 44.5 Å². The highest BCUT2D eigenvalue weighted by atomic mass is 32.1. The molecule has 0 saturated heterocycles. The molecule has 0 fully saturated rings. The minimum absolute atomic E-state index is 0.0816. The Morgan fingerprint density at radius 3 is 2.53 bits per heavy atom. The first-order valence-electron chi connectivity index (χ1n) is 9.22. The number of amides is 1. The zero-order chi connectivity index (χ0) is 21.7. The van der Waals surface area contributed by atoms with E-state index in [0.29, 0.717) is 16.3 Å². The molecule has 3 aromatic rings. The molecule has 7 heteroatoms. The van der Waals surface area contributed by atoms with Gasteiger partial charge in [0.2, 0.25) is 0 Å². The third-order valence-corrected chi connectivity index (χ3v) is 5.09. The number of anilines is 1. The lowest BCUT2D eigenvalue weighted by Gasteiger charge is -2.10. The molecule has 0 radical (unpaired) electrons. The van der Waals surface area contributed by atoms with Crippen molar-refractivity contribution in [2.24, 2.45) is 0 Å². The molecule has 152 valence electrons. The highest BCUT2D eigenvalue weighted by Gasteiger charge is 2.19. The van der Waals surface area contributed by atoms with E-state index < -0.39 is 11.9 Å².